The van der Waals surface area contributed by atoms with E-state index in [0.29, 0.717) is 6.04 Å². The lowest BCUT2D eigenvalue weighted by Crippen LogP contribution is -2.50. The summed E-state index contributed by atoms with van der Waals surface area (Å²) in [6.07, 6.45) is -9.94. The van der Waals surface area contributed by atoms with E-state index in [1.807, 2.05) is 26.0 Å². The van der Waals surface area contributed by atoms with Crippen LogP contribution in [0.3, 0.4) is 0 Å². The molecule has 1 aromatic heterocycles. The van der Waals surface area contributed by atoms with Crippen LogP contribution in [0.25, 0.3) is 0 Å². The molecule has 0 saturated carbocycles. The van der Waals surface area contributed by atoms with Gasteiger partial charge in [-0.2, -0.15) is 26.3 Å². The number of carbonyl (C=O) groups is 2. The van der Waals surface area contributed by atoms with Crippen molar-refractivity contribution in [3.8, 4) is 0 Å². The Kier molecular flexibility index (Phi) is 10.8. The van der Waals surface area contributed by atoms with Crippen molar-refractivity contribution >= 4 is 11.9 Å². The van der Waals surface area contributed by atoms with Crippen LogP contribution in [0.2, 0.25) is 0 Å². The van der Waals surface area contributed by atoms with E-state index in [-0.39, 0.29) is 11.9 Å². The number of likely N-dealkylation sites (tertiary alicyclic amines) is 1. The van der Waals surface area contributed by atoms with Gasteiger partial charge in [-0.05, 0) is 31.5 Å². The summed E-state index contributed by atoms with van der Waals surface area (Å²) in [7, 11) is 0. The first kappa shape index (κ1) is 32.0. The third-order valence-corrected chi connectivity index (χ3v) is 5.84. The van der Waals surface area contributed by atoms with E-state index < -0.39 is 24.3 Å². The molecule has 1 aromatic carbocycles. The van der Waals surface area contributed by atoms with E-state index in [2.05, 4.69) is 15.0 Å². The van der Waals surface area contributed by atoms with Crippen molar-refractivity contribution in [2.75, 3.05) is 26.2 Å². The van der Waals surface area contributed by atoms with Crippen LogP contribution in [-0.4, -0.2) is 87.8 Å². The summed E-state index contributed by atoms with van der Waals surface area (Å²) < 4.78 is 87.9. The first-order chi connectivity index (χ1) is 18.0. The molecule has 2 fully saturated rings. The molecule has 0 radical (unpaired) electrons. The number of hydrogen-bond acceptors (Lipinski definition) is 7. The maximum atomic E-state index is 13.1. The Balaban J connectivity index is 0.000000317. The van der Waals surface area contributed by atoms with E-state index in [0.717, 1.165) is 56.3 Å². The molecule has 218 valence electrons. The van der Waals surface area contributed by atoms with E-state index >= 15 is 0 Å². The largest absolute Gasteiger partial charge is 0.490 e. The fourth-order valence-corrected chi connectivity index (χ4v) is 3.94. The number of carboxylic acid groups (broad SMARTS) is 2. The molecule has 2 aliphatic rings. The van der Waals surface area contributed by atoms with Gasteiger partial charge in [-0.1, -0.05) is 17.3 Å². The van der Waals surface area contributed by atoms with Gasteiger partial charge < -0.3 is 19.5 Å². The third-order valence-electron chi connectivity index (χ3n) is 5.84. The summed E-state index contributed by atoms with van der Waals surface area (Å²) in [6, 6.07) is 7.15. The van der Waals surface area contributed by atoms with Crippen molar-refractivity contribution in [3.05, 3.63) is 52.7 Å². The highest BCUT2D eigenvalue weighted by Crippen LogP contribution is 2.27. The molecular formula is C23H26F7N3O6. The van der Waals surface area contributed by atoms with Gasteiger partial charge in [0.05, 0.1) is 24.4 Å². The molecule has 2 saturated heterocycles. The van der Waals surface area contributed by atoms with Crippen LogP contribution in [0, 0.1) is 19.7 Å². The number of aryl methyl sites for hydroxylation is 2. The van der Waals surface area contributed by atoms with Crippen LogP contribution in [0.4, 0.5) is 30.7 Å². The average molecular weight is 573 g/mol. The topological polar surface area (TPSA) is 116 Å². The van der Waals surface area contributed by atoms with Crippen LogP contribution in [0.5, 0.6) is 0 Å². The number of alkyl halides is 6. The number of morpholine rings is 1. The highest BCUT2D eigenvalue weighted by Gasteiger charge is 2.41. The summed E-state index contributed by atoms with van der Waals surface area (Å²) in [4.78, 5) is 22.7. The van der Waals surface area contributed by atoms with Gasteiger partial charge in [0.1, 0.15) is 11.6 Å². The van der Waals surface area contributed by atoms with Gasteiger partial charge in [-0.3, -0.25) is 9.80 Å². The molecule has 0 spiro atoms. The Morgan fingerprint density at radius 2 is 1.51 bits per heavy atom. The van der Waals surface area contributed by atoms with Crippen molar-refractivity contribution in [1.82, 2.24) is 15.0 Å². The average Bonchev–Trinajstić information content (AvgIpc) is 3.38. The first-order valence-corrected chi connectivity index (χ1v) is 11.3. The van der Waals surface area contributed by atoms with Gasteiger partial charge in [-0.15, -0.1) is 0 Å². The second-order valence-electron chi connectivity index (χ2n) is 8.68. The lowest BCUT2D eigenvalue weighted by Gasteiger charge is -2.36. The lowest BCUT2D eigenvalue weighted by atomic mass is 10.1. The fraction of sp³-hybridized carbons (Fsp3) is 0.522. The van der Waals surface area contributed by atoms with E-state index in [4.69, 9.17) is 29.1 Å². The summed E-state index contributed by atoms with van der Waals surface area (Å²) in [6.45, 7) is 9.23. The quantitative estimate of drug-likeness (QED) is 0.528. The van der Waals surface area contributed by atoms with Gasteiger partial charge in [-0.25, -0.2) is 14.0 Å². The molecule has 2 aliphatic heterocycles. The smallest absolute Gasteiger partial charge is 0.475 e. The molecule has 0 bridgehead atoms. The number of rotatable bonds is 4. The molecule has 16 heteroatoms. The van der Waals surface area contributed by atoms with Gasteiger partial charge in [0, 0.05) is 38.3 Å². The minimum absolute atomic E-state index is 0.187. The number of hydrogen-bond donors (Lipinski definition) is 2. The number of aliphatic carboxylic acids is 2. The van der Waals surface area contributed by atoms with E-state index in [1.54, 1.807) is 0 Å². The van der Waals surface area contributed by atoms with E-state index in [9.17, 15) is 30.7 Å². The van der Waals surface area contributed by atoms with Crippen LogP contribution < -0.4 is 0 Å². The van der Waals surface area contributed by atoms with Gasteiger partial charge in [0.15, 0.2) is 0 Å². The van der Waals surface area contributed by atoms with Crippen LogP contribution in [0.15, 0.2) is 28.8 Å². The molecule has 0 amide bonds. The monoisotopic (exact) mass is 573 g/mol. The Hall–Kier alpha value is -3.24. The summed E-state index contributed by atoms with van der Waals surface area (Å²) >= 11 is 0. The number of halogens is 7. The Bertz CT molecular complexity index is 1060. The highest BCUT2D eigenvalue weighted by atomic mass is 19.4. The maximum absolute atomic E-state index is 13.1. The van der Waals surface area contributed by atoms with Gasteiger partial charge in [0.2, 0.25) is 0 Å². The van der Waals surface area contributed by atoms with Crippen LogP contribution in [-0.2, 0) is 27.4 Å². The molecule has 9 nitrogen and oxygen atoms in total. The zero-order valence-electron chi connectivity index (χ0n) is 20.7. The summed E-state index contributed by atoms with van der Waals surface area (Å²) in [5.41, 5.74) is 3.30. The minimum Gasteiger partial charge on any atom is -0.475 e. The summed E-state index contributed by atoms with van der Waals surface area (Å²) in [5, 5.41) is 18.3. The van der Waals surface area contributed by atoms with Crippen molar-refractivity contribution in [2.24, 2.45) is 0 Å². The van der Waals surface area contributed by atoms with Crippen molar-refractivity contribution in [3.63, 3.8) is 0 Å². The van der Waals surface area contributed by atoms with Crippen LogP contribution in [0.1, 0.15) is 22.6 Å². The Morgan fingerprint density at radius 3 is 1.97 bits per heavy atom. The molecule has 39 heavy (non-hydrogen) atoms. The number of fused-ring (bicyclic) bond motifs is 1. The molecule has 4 rings (SSSR count). The fourth-order valence-electron chi connectivity index (χ4n) is 3.94. The number of aromatic nitrogens is 1. The molecule has 0 aliphatic carbocycles. The number of ether oxygens (including phenoxy) is 1. The first-order valence-electron chi connectivity index (χ1n) is 11.3. The molecule has 2 atom stereocenters. The van der Waals surface area contributed by atoms with Gasteiger partial charge >= 0.3 is 24.3 Å². The maximum Gasteiger partial charge on any atom is 0.490 e. The predicted molar refractivity (Wildman–Crippen MR) is 119 cm³/mol. The molecule has 3 heterocycles. The molecule has 2 aromatic rings. The Morgan fingerprint density at radius 1 is 0.974 bits per heavy atom. The zero-order valence-corrected chi connectivity index (χ0v) is 20.7. The van der Waals surface area contributed by atoms with Gasteiger partial charge in [0.25, 0.3) is 0 Å². The second kappa shape index (κ2) is 13.2. The predicted octanol–water partition coefficient (Wildman–Crippen LogP) is 3.78. The molecule has 2 N–H and O–H groups in total. The van der Waals surface area contributed by atoms with Crippen molar-refractivity contribution in [1.29, 1.82) is 0 Å². The van der Waals surface area contributed by atoms with E-state index in [1.165, 1.54) is 17.7 Å². The molecular weight excluding hydrogens is 547 g/mol. The second-order valence-corrected chi connectivity index (χ2v) is 8.68. The SMILES string of the molecule is Cc1noc(C)c1CN1CCO[C@H]2CN(Cc3ccc(F)cc3)C[C@H]21.O=C(O)C(F)(F)F.O=C(O)C(F)(F)F. The van der Waals surface area contributed by atoms with Crippen molar-refractivity contribution < 1.29 is 59.8 Å². The standard InChI is InChI=1S/C19H24FN3O2.2C2HF3O2/c1-13-17(14(2)25-21-13)10-23-7-8-24-19-12-22(11-18(19)23)9-15-3-5-16(20)6-4-15;2*3-2(4,5)1(6)7/h3-6,18-19H,7-12H2,1-2H3;2*(H,6,7)/t18-,19+;;/m1../s1. The zero-order chi connectivity index (χ0) is 29.5. The number of benzene rings is 1. The van der Waals surface area contributed by atoms with Crippen LogP contribution >= 0.6 is 0 Å². The van der Waals surface area contributed by atoms with Crippen molar-refractivity contribution in [2.45, 2.75) is 51.4 Å². The minimum atomic E-state index is -5.08. The highest BCUT2D eigenvalue weighted by molar-refractivity contribution is 5.73. The normalized spacial score (nSPS) is 19.8. The summed E-state index contributed by atoms with van der Waals surface area (Å²) in [5.74, 6) is -4.80. The third kappa shape index (κ3) is 9.78. The Labute approximate surface area is 217 Å². The molecule has 0 unspecified atom stereocenters. The number of carboxylic acids is 2. The number of nitrogens with zero attached hydrogens (tertiary/aromatic N) is 3. The lowest BCUT2D eigenvalue weighted by molar-refractivity contribution is -0.193.